The lowest BCUT2D eigenvalue weighted by Gasteiger charge is -2.33. The van der Waals surface area contributed by atoms with Crippen LogP contribution in [0.1, 0.15) is 109 Å². The van der Waals surface area contributed by atoms with E-state index in [1.54, 1.807) is 0 Å². The molecule has 0 saturated carbocycles. The van der Waals surface area contributed by atoms with Gasteiger partial charge in [-0.25, -0.2) is 0 Å². The van der Waals surface area contributed by atoms with Crippen LogP contribution >= 0.6 is 0 Å². The largest absolute Gasteiger partial charge is 0.0713 e. The van der Waals surface area contributed by atoms with Crippen molar-refractivity contribution in [3.05, 3.63) is 191 Å². The zero-order valence-electron chi connectivity index (χ0n) is 31.7. The highest BCUT2D eigenvalue weighted by Crippen LogP contribution is 2.55. The van der Waals surface area contributed by atoms with Crippen molar-refractivity contribution in [2.45, 2.75) is 86.5 Å². The van der Waals surface area contributed by atoms with Crippen LogP contribution in [0.15, 0.2) is 158 Å². The number of hydrogen-bond acceptors (Lipinski definition) is 0. The Hall–Kier alpha value is -4.68. The number of fused-ring (bicyclic) bond motifs is 6. The molecule has 0 aliphatic heterocycles. The second-order valence-corrected chi connectivity index (χ2v) is 12.0. The molecule has 6 aromatic rings. The molecule has 2 aliphatic carbocycles. The molecule has 0 nitrogen and oxygen atoms in total. The highest BCUT2D eigenvalue weighted by atomic mass is 14.5. The average molecular weight is 647 g/mol. The first-order valence-corrected chi connectivity index (χ1v) is 18.5. The molecule has 2 aliphatic rings. The fourth-order valence-corrected chi connectivity index (χ4v) is 7.07. The summed E-state index contributed by atoms with van der Waals surface area (Å²) in [7, 11) is 0. The quantitative estimate of drug-likeness (QED) is 0.175. The molecule has 0 radical (unpaired) electrons. The number of rotatable bonds is 2. The summed E-state index contributed by atoms with van der Waals surface area (Å²) in [5.74, 6) is 0. The summed E-state index contributed by atoms with van der Waals surface area (Å²) in [6.45, 7) is 20.9. The van der Waals surface area contributed by atoms with Crippen LogP contribution in [-0.2, 0) is 10.8 Å². The second-order valence-electron chi connectivity index (χ2n) is 12.0. The van der Waals surface area contributed by atoms with Gasteiger partial charge in [-0.1, -0.05) is 233 Å². The van der Waals surface area contributed by atoms with E-state index >= 15 is 0 Å². The molecule has 6 aromatic carbocycles. The van der Waals surface area contributed by atoms with E-state index in [1.165, 1.54) is 62.1 Å². The van der Waals surface area contributed by atoms with Crippen LogP contribution in [0.3, 0.4) is 0 Å². The van der Waals surface area contributed by atoms with E-state index in [-0.39, 0.29) is 10.8 Å². The Morgan fingerprint density at radius 2 is 0.551 bits per heavy atom. The van der Waals surface area contributed by atoms with Gasteiger partial charge in [0.25, 0.3) is 0 Å². The van der Waals surface area contributed by atoms with Crippen LogP contribution in [0.4, 0.5) is 0 Å². The molecule has 0 bridgehead atoms. The Morgan fingerprint density at radius 3 is 0.857 bits per heavy atom. The Morgan fingerprint density at radius 1 is 0.327 bits per heavy atom. The van der Waals surface area contributed by atoms with Gasteiger partial charge in [-0.3, -0.25) is 0 Å². The lowest BCUT2D eigenvalue weighted by molar-refractivity contribution is 0.660. The summed E-state index contributed by atoms with van der Waals surface area (Å²) in [6, 6.07) is 56.9. The van der Waals surface area contributed by atoms with Gasteiger partial charge in [0.1, 0.15) is 0 Å². The fraction of sp³-hybridized carbons (Fsp3) is 0.265. The third-order valence-corrected chi connectivity index (χ3v) is 8.86. The highest BCUT2D eigenvalue weighted by molar-refractivity contribution is 5.86. The Balaban J connectivity index is 0.000000231. The van der Waals surface area contributed by atoms with E-state index in [1.807, 2.05) is 41.5 Å². The van der Waals surface area contributed by atoms with Crippen molar-refractivity contribution in [1.82, 2.24) is 0 Å². The number of benzene rings is 6. The van der Waals surface area contributed by atoms with Crippen LogP contribution in [0, 0.1) is 0 Å². The van der Waals surface area contributed by atoms with Gasteiger partial charge in [0.15, 0.2) is 0 Å². The third kappa shape index (κ3) is 7.50. The summed E-state index contributed by atoms with van der Waals surface area (Å²) < 4.78 is 0. The molecule has 0 aromatic heterocycles. The van der Waals surface area contributed by atoms with Gasteiger partial charge in [-0.05, 0) is 55.6 Å². The van der Waals surface area contributed by atoms with Crippen molar-refractivity contribution in [2.24, 2.45) is 0 Å². The summed E-state index contributed by atoms with van der Waals surface area (Å²) in [6.07, 6.45) is 1.25. The summed E-state index contributed by atoms with van der Waals surface area (Å²) in [5, 5.41) is 0. The van der Waals surface area contributed by atoms with E-state index in [9.17, 15) is 0 Å². The summed E-state index contributed by atoms with van der Waals surface area (Å²) >= 11 is 0. The molecule has 254 valence electrons. The lowest BCUT2D eigenvalue weighted by Crippen LogP contribution is -2.28. The van der Waals surface area contributed by atoms with Crippen LogP contribution in [-0.4, -0.2) is 0 Å². The van der Waals surface area contributed by atoms with Crippen molar-refractivity contribution in [1.29, 1.82) is 0 Å². The summed E-state index contributed by atoms with van der Waals surface area (Å²) in [4.78, 5) is 0. The van der Waals surface area contributed by atoms with Gasteiger partial charge < -0.3 is 0 Å². The molecule has 0 atom stereocenters. The molecule has 0 spiro atoms. The van der Waals surface area contributed by atoms with Crippen LogP contribution in [0.2, 0.25) is 0 Å². The normalized spacial score (nSPS) is 12.7. The molecule has 0 fully saturated rings. The molecular weight excluding hydrogens is 589 g/mol. The summed E-state index contributed by atoms with van der Waals surface area (Å²) in [5.41, 5.74) is 13.7. The minimum atomic E-state index is -0.254. The average Bonchev–Trinajstić information content (AvgIpc) is 3.62. The van der Waals surface area contributed by atoms with E-state index in [0.717, 1.165) is 0 Å². The minimum absolute atomic E-state index is 0.160. The zero-order valence-corrected chi connectivity index (χ0v) is 31.7. The predicted octanol–water partition coefficient (Wildman–Crippen LogP) is 14.5. The van der Waals surface area contributed by atoms with Crippen LogP contribution in [0.25, 0.3) is 22.3 Å². The topological polar surface area (TPSA) is 0 Å². The van der Waals surface area contributed by atoms with Crippen molar-refractivity contribution in [2.75, 3.05) is 0 Å². The first-order valence-electron chi connectivity index (χ1n) is 18.5. The van der Waals surface area contributed by atoms with Crippen LogP contribution in [0.5, 0.6) is 0 Å². The third-order valence-electron chi connectivity index (χ3n) is 8.86. The van der Waals surface area contributed by atoms with Crippen molar-refractivity contribution < 1.29 is 0 Å². The lowest BCUT2D eigenvalue weighted by atomic mass is 9.68. The Labute approximate surface area is 298 Å². The smallest absolute Gasteiger partial charge is 0.0683 e. The van der Waals surface area contributed by atoms with E-state index in [2.05, 4.69) is 185 Å². The molecule has 0 N–H and O–H groups in total. The van der Waals surface area contributed by atoms with Crippen molar-refractivity contribution >= 4 is 0 Å². The molecule has 49 heavy (non-hydrogen) atoms. The van der Waals surface area contributed by atoms with Gasteiger partial charge in [0.2, 0.25) is 0 Å². The number of hydrogen-bond donors (Lipinski definition) is 0. The molecule has 0 unspecified atom stereocenters. The molecule has 0 amide bonds. The molecule has 0 saturated heterocycles. The van der Waals surface area contributed by atoms with Crippen molar-refractivity contribution in [3.63, 3.8) is 0 Å². The van der Waals surface area contributed by atoms with E-state index in [0.29, 0.717) is 0 Å². The first kappa shape index (κ1) is 38.8. The van der Waals surface area contributed by atoms with Gasteiger partial charge >= 0.3 is 0 Å². The van der Waals surface area contributed by atoms with E-state index < -0.39 is 0 Å². The molecular formula is C49H58. The SMILES string of the molecule is CC.CC.CC.CC1(C)c2ccccc2-c2ccccc21.CCC.c1ccc(C2(c3ccccc3)c3ccccc3-c3ccccc32)cc1. The second kappa shape index (κ2) is 18.8. The molecule has 0 heterocycles. The molecule has 0 heteroatoms. The standard InChI is InChI=1S/C25H18.C15H14.C3H8.3C2H6/c1-3-11-19(12-4-1)25(20-13-5-2-6-14-20)23-17-9-7-15-21(23)22-16-8-10-18-24(22)25;1-15(2)13-9-5-3-7-11(13)12-8-4-6-10-14(12)15;1-3-2;3*1-2/h1-18H;3-10H,1-2H3;3H2,1-2H3;3*1-2H3. The predicted molar refractivity (Wildman–Crippen MR) is 218 cm³/mol. The zero-order chi connectivity index (χ0) is 35.9. The molecule has 8 rings (SSSR count). The van der Waals surface area contributed by atoms with E-state index in [4.69, 9.17) is 0 Å². The minimum Gasteiger partial charge on any atom is -0.0683 e. The first-order chi connectivity index (χ1) is 24.0. The maximum Gasteiger partial charge on any atom is 0.0713 e. The van der Waals surface area contributed by atoms with Gasteiger partial charge in [-0.2, -0.15) is 0 Å². The monoisotopic (exact) mass is 646 g/mol. The highest BCUT2D eigenvalue weighted by Gasteiger charge is 2.45. The van der Waals surface area contributed by atoms with Gasteiger partial charge in [0, 0.05) is 5.41 Å². The van der Waals surface area contributed by atoms with Crippen LogP contribution < -0.4 is 0 Å². The maximum atomic E-state index is 2.30. The fourth-order valence-electron chi connectivity index (χ4n) is 7.07. The maximum absolute atomic E-state index is 2.30. The van der Waals surface area contributed by atoms with Gasteiger partial charge in [-0.15, -0.1) is 0 Å². The Bertz CT molecular complexity index is 1690. The van der Waals surface area contributed by atoms with Crippen molar-refractivity contribution in [3.8, 4) is 22.3 Å². The Kier molecular flexibility index (Phi) is 14.8. The van der Waals surface area contributed by atoms with Gasteiger partial charge in [0.05, 0.1) is 5.41 Å².